The first-order chi connectivity index (χ1) is 12.3. The van der Waals surface area contributed by atoms with Crippen molar-refractivity contribution < 1.29 is 9.15 Å². The molecule has 6 heteroatoms. The van der Waals surface area contributed by atoms with Crippen LogP contribution in [0.15, 0.2) is 46.9 Å². The number of benzene rings is 1. The maximum atomic E-state index is 6.00. The Morgan fingerprint density at radius 3 is 2.60 bits per heavy atom. The molecule has 0 atom stereocenters. The number of aromatic nitrogens is 2. The summed E-state index contributed by atoms with van der Waals surface area (Å²) in [5.41, 5.74) is 1.30. The lowest BCUT2D eigenvalue weighted by Gasteiger charge is -2.30. The molecule has 0 unspecified atom stereocenters. The zero-order chi connectivity index (χ0) is 16.6. The van der Waals surface area contributed by atoms with Crippen LogP contribution in [0.1, 0.15) is 12.8 Å². The number of anilines is 1. The molecular formula is C19H20N4O2. The van der Waals surface area contributed by atoms with E-state index in [2.05, 4.69) is 19.8 Å². The van der Waals surface area contributed by atoms with Gasteiger partial charge in [-0.3, -0.25) is 0 Å². The second-order valence-corrected chi connectivity index (χ2v) is 6.65. The van der Waals surface area contributed by atoms with Crippen molar-refractivity contribution in [1.82, 2.24) is 14.9 Å². The minimum absolute atomic E-state index is 0.520. The van der Waals surface area contributed by atoms with Gasteiger partial charge in [0.2, 0.25) is 11.5 Å². The zero-order valence-corrected chi connectivity index (χ0v) is 14.0. The van der Waals surface area contributed by atoms with E-state index in [4.69, 9.17) is 9.15 Å². The van der Waals surface area contributed by atoms with Crippen LogP contribution in [0.3, 0.4) is 0 Å². The van der Waals surface area contributed by atoms with Crippen molar-refractivity contribution in [3.63, 3.8) is 0 Å². The van der Waals surface area contributed by atoms with Crippen molar-refractivity contribution in [3.8, 4) is 11.6 Å². The third-order valence-electron chi connectivity index (χ3n) is 5.08. The van der Waals surface area contributed by atoms with E-state index in [0.717, 1.165) is 18.8 Å². The number of piperidine rings is 1. The summed E-state index contributed by atoms with van der Waals surface area (Å²) >= 11 is 0. The van der Waals surface area contributed by atoms with Gasteiger partial charge in [-0.25, -0.2) is 0 Å². The molecule has 3 aliphatic rings. The molecule has 25 heavy (non-hydrogen) atoms. The van der Waals surface area contributed by atoms with Gasteiger partial charge in [0.1, 0.15) is 5.75 Å². The predicted molar refractivity (Wildman–Crippen MR) is 95.1 cm³/mol. The van der Waals surface area contributed by atoms with Crippen LogP contribution in [-0.4, -0.2) is 47.1 Å². The van der Waals surface area contributed by atoms with Crippen molar-refractivity contribution in [1.29, 1.82) is 0 Å². The number of nitrogens with zero attached hydrogens (tertiary/aromatic N) is 4. The fourth-order valence-corrected chi connectivity index (χ4v) is 3.72. The van der Waals surface area contributed by atoms with Crippen molar-refractivity contribution in [2.75, 3.05) is 31.1 Å². The maximum absolute atomic E-state index is 6.00. The molecule has 6 rings (SSSR count). The number of para-hydroxylation sites is 1. The highest BCUT2D eigenvalue weighted by Crippen LogP contribution is 2.30. The second-order valence-electron chi connectivity index (χ2n) is 6.65. The van der Waals surface area contributed by atoms with E-state index >= 15 is 0 Å². The molecule has 2 bridgehead atoms. The summed E-state index contributed by atoms with van der Waals surface area (Å²) < 4.78 is 11.8. The van der Waals surface area contributed by atoms with Crippen LogP contribution < -0.4 is 9.64 Å². The van der Waals surface area contributed by atoms with Crippen LogP contribution in [0.25, 0.3) is 11.2 Å². The number of ether oxygens (including phenoxy) is 1. The van der Waals surface area contributed by atoms with Crippen LogP contribution in [-0.2, 0) is 0 Å². The SMILES string of the molecule is c1ccc(Oc2ccc3oc(N4CCN5CCC4CC5)nc3n2)cc1. The van der Waals surface area contributed by atoms with E-state index in [9.17, 15) is 0 Å². The highest BCUT2D eigenvalue weighted by molar-refractivity contribution is 5.71. The van der Waals surface area contributed by atoms with E-state index in [-0.39, 0.29) is 0 Å². The van der Waals surface area contributed by atoms with Crippen molar-refractivity contribution in [2.45, 2.75) is 18.9 Å². The number of oxazole rings is 1. The van der Waals surface area contributed by atoms with Crippen molar-refractivity contribution in [2.24, 2.45) is 0 Å². The summed E-state index contributed by atoms with van der Waals surface area (Å²) in [6.45, 7) is 4.39. The normalized spacial score (nSPS) is 23.0. The number of pyridine rings is 1. The lowest BCUT2D eigenvalue weighted by Crippen LogP contribution is -2.38. The quantitative estimate of drug-likeness (QED) is 0.731. The average molecular weight is 336 g/mol. The molecular weight excluding hydrogens is 316 g/mol. The Bertz CT molecular complexity index is 872. The molecule has 3 aromatic rings. The first-order valence-corrected chi connectivity index (χ1v) is 8.85. The molecule has 0 amide bonds. The lowest BCUT2D eigenvalue weighted by molar-refractivity contribution is 0.249. The van der Waals surface area contributed by atoms with E-state index in [1.807, 2.05) is 42.5 Å². The van der Waals surface area contributed by atoms with Gasteiger partial charge in [0.05, 0.1) is 0 Å². The van der Waals surface area contributed by atoms with Gasteiger partial charge < -0.3 is 19.0 Å². The summed E-state index contributed by atoms with van der Waals surface area (Å²) in [5, 5.41) is 0. The third-order valence-corrected chi connectivity index (χ3v) is 5.08. The van der Waals surface area contributed by atoms with Crippen LogP contribution in [0.4, 0.5) is 6.01 Å². The molecule has 0 radical (unpaired) electrons. The van der Waals surface area contributed by atoms with Crippen LogP contribution in [0, 0.1) is 0 Å². The Morgan fingerprint density at radius 1 is 0.920 bits per heavy atom. The van der Waals surface area contributed by atoms with Crippen LogP contribution in [0.2, 0.25) is 0 Å². The summed E-state index contributed by atoms with van der Waals surface area (Å²) in [5.74, 6) is 1.29. The maximum Gasteiger partial charge on any atom is 0.300 e. The van der Waals surface area contributed by atoms with Crippen molar-refractivity contribution >= 4 is 17.2 Å². The molecule has 1 aromatic carbocycles. The Morgan fingerprint density at radius 2 is 1.76 bits per heavy atom. The van der Waals surface area contributed by atoms with Gasteiger partial charge in [0.25, 0.3) is 6.01 Å². The Hall–Kier alpha value is -2.60. The molecule has 3 fully saturated rings. The molecule has 0 spiro atoms. The molecule has 0 aliphatic carbocycles. The van der Waals surface area contributed by atoms with Gasteiger partial charge in [-0.15, -0.1) is 0 Å². The van der Waals surface area contributed by atoms with Crippen LogP contribution in [0.5, 0.6) is 11.6 Å². The molecule has 5 heterocycles. The highest BCUT2D eigenvalue weighted by Gasteiger charge is 2.31. The smallest absolute Gasteiger partial charge is 0.300 e. The van der Waals surface area contributed by atoms with Gasteiger partial charge in [-0.1, -0.05) is 18.2 Å². The van der Waals surface area contributed by atoms with E-state index in [1.165, 1.54) is 25.9 Å². The molecule has 6 nitrogen and oxygen atoms in total. The number of rotatable bonds is 3. The van der Waals surface area contributed by atoms with Gasteiger partial charge in [0.15, 0.2) is 5.58 Å². The topological polar surface area (TPSA) is 54.6 Å². The second kappa shape index (κ2) is 6.04. The first-order valence-electron chi connectivity index (χ1n) is 8.85. The molecule has 2 aromatic heterocycles. The summed E-state index contributed by atoms with van der Waals surface area (Å²) in [6.07, 6.45) is 2.35. The van der Waals surface area contributed by atoms with Gasteiger partial charge >= 0.3 is 0 Å². The molecule has 3 saturated heterocycles. The fourth-order valence-electron chi connectivity index (χ4n) is 3.72. The number of fused-ring (bicyclic) bond motifs is 5. The monoisotopic (exact) mass is 336 g/mol. The van der Waals surface area contributed by atoms with E-state index in [1.54, 1.807) is 0 Å². The van der Waals surface area contributed by atoms with Crippen LogP contribution >= 0.6 is 0 Å². The summed E-state index contributed by atoms with van der Waals surface area (Å²) in [6, 6.07) is 14.6. The van der Waals surface area contributed by atoms with Crippen molar-refractivity contribution in [3.05, 3.63) is 42.5 Å². The van der Waals surface area contributed by atoms with E-state index in [0.29, 0.717) is 29.2 Å². The minimum Gasteiger partial charge on any atom is -0.439 e. The first kappa shape index (κ1) is 14.7. The summed E-state index contributed by atoms with van der Waals surface area (Å²) in [4.78, 5) is 14.0. The Labute approximate surface area is 146 Å². The molecule has 3 aliphatic heterocycles. The zero-order valence-electron chi connectivity index (χ0n) is 14.0. The van der Waals surface area contributed by atoms with Gasteiger partial charge in [0, 0.05) is 38.3 Å². The largest absolute Gasteiger partial charge is 0.439 e. The Balaban J connectivity index is 1.43. The van der Waals surface area contributed by atoms with Gasteiger partial charge in [-0.05, 0) is 31.0 Å². The standard InChI is InChI=1S/C19H20N4O2/c1-2-4-15(5-3-1)24-17-7-6-16-18(20-17)21-19(25-16)23-13-12-22-10-8-14(23)9-11-22/h1-7,14H,8-13H2. The number of hydrogen-bond acceptors (Lipinski definition) is 6. The lowest BCUT2D eigenvalue weighted by atomic mass is 10.1. The highest BCUT2D eigenvalue weighted by atomic mass is 16.5. The molecule has 128 valence electrons. The average Bonchev–Trinajstić information content (AvgIpc) is 2.83. The molecule has 0 N–H and O–H groups in total. The Kier molecular flexibility index (Phi) is 3.56. The predicted octanol–water partition coefficient (Wildman–Crippen LogP) is 3.30. The fraction of sp³-hybridized carbons (Fsp3) is 0.368. The molecule has 0 saturated carbocycles. The van der Waals surface area contributed by atoms with Gasteiger partial charge in [-0.2, -0.15) is 9.97 Å². The number of hydrogen-bond donors (Lipinski definition) is 0. The third kappa shape index (κ3) is 2.82. The van der Waals surface area contributed by atoms with E-state index < -0.39 is 0 Å². The minimum atomic E-state index is 0.520. The summed E-state index contributed by atoms with van der Waals surface area (Å²) in [7, 11) is 0.